The van der Waals surface area contributed by atoms with Crippen LogP contribution in [0.2, 0.25) is 0 Å². The SMILES string of the molecule is NC(=O)Cc1cnc(-n2cnc3cc(N4CCOCC4)ccc32)cc1NCc1cc(F)cc(F)c1. The smallest absolute Gasteiger partial charge is 0.221 e. The van der Waals surface area contributed by atoms with Crippen molar-refractivity contribution in [1.29, 1.82) is 0 Å². The first-order valence-electron chi connectivity index (χ1n) is 11.2. The number of aromatic nitrogens is 3. The number of hydrogen-bond acceptors (Lipinski definition) is 6. The minimum Gasteiger partial charge on any atom is -0.381 e. The zero-order chi connectivity index (χ0) is 24.4. The van der Waals surface area contributed by atoms with Crippen molar-refractivity contribution in [3.05, 3.63) is 77.8 Å². The van der Waals surface area contributed by atoms with Crippen molar-refractivity contribution in [2.45, 2.75) is 13.0 Å². The molecular formula is C25H24F2N6O2. The lowest BCUT2D eigenvalue weighted by Crippen LogP contribution is -2.36. The van der Waals surface area contributed by atoms with E-state index < -0.39 is 17.5 Å². The molecule has 0 radical (unpaired) electrons. The number of rotatable bonds is 7. The summed E-state index contributed by atoms with van der Waals surface area (Å²) in [5.74, 6) is -1.25. The van der Waals surface area contributed by atoms with Crippen molar-refractivity contribution >= 4 is 28.3 Å². The maximum atomic E-state index is 13.6. The highest BCUT2D eigenvalue weighted by Crippen LogP contribution is 2.26. The van der Waals surface area contributed by atoms with Crippen LogP contribution in [0, 0.1) is 11.6 Å². The van der Waals surface area contributed by atoms with Gasteiger partial charge in [0.25, 0.3) is 0 Å². The van der Waals surface area contributed by atoms with E-state index in [0.29, 0.717) is 35.8 Å². The summed E-state index contributed by atoms with van der Waals surface area (Å²) in [7, 11) is 0. The molecule has 2 aromatic heterocycles. The van der Waals surface area contributed by atoms with E-state index in [2.05, 4.69) is 20.2 Å². The van der Waals surface area contributed by atoms with Gasteiger partial charge in [-0.25, -0.2) is 18.7 Å². The molecule has 35 heavy (non-hydrogen) atoms. The molecule has 180 valence electrons. The van der Waals surface area contributed by atoms with Crippen LogP contribution in [0.3, 0.4) is 0 Å². The molecule has 4 aromatic rings. The minimum atomic E-state index is -0.657. The van der Waals surface area contributed by atoms with Crippen LogP contribution < -0.4 is 16.0 Å². The number of imidazole rings is 1. The summed E-state index contributed by atoms with van der Waals surface area (Å²) < 4.78 is 34.5. The second-order valence-electron chi connectivity index (χ2n) is 8.36. The number of benzene rings is 2. The highest BCUT2D eigenvalue weighted by molar-refractivity contribution is 5.82. The maximum Gasteiger partial charge on any atom is 0.221 e. The summed E-state index contributed by atoms with van der Waals surface area (Å²) in [5, 5.41) is 3.16. The summed E-state index contributed by atoms with van der Waals surface area (Å²) in [6, 6.07) is 11.2. The van der Waals surface area contributed by atoms with E-state index in [1.165, 1.54) is 12.1 Å². The van der Waals surface area contributed by atoms with E-state index in [4.69, 9.17) is 10.5 Å². The van der Waals surface area contributed by atoms with Gasteiger partial charge in [-0.3, -0.25) is 9.36 Å². The van der Waals surface area contributed by atoms with Crippen LogP contribution >= 0.6 is 0 Å². The van der Waals surface area contributed by atoms with Gasteiger partial charge in [-0.15, -0.1) is 0 Å². The zero-order valence-corrected chi connectivity index (χ0v) is 18.9. The van der Waals surface area contributed by atoms with Crippen LogP contribution in [0.5, 0.6) is 0 Å². The Balaban J connectivity index is 1.45. The molecule has 5 rings (SSSR count). The van der Waals surface area contributed by atoms with Gasteiger partial charge in [0.05, 0.1) is 30.7 Å². The molecule has 0 bridgehead atoms. The number of primary amides is 1. The number of carbonyl (C=O) groups excluding carboxylic acids is 1. The summed E-state index contributed by atoms with van der Waals surface area (Å²) in [6.07, 6.45) is 3.23. The molecule has 1 saturated heterocycles. The fourth-order valence-electron chi connectivity index (χ4n) is 4.21. The predicted octanol–water partition coefficient (Wildman–Crippen LogP) is 3.18. The number of fused-ring (bicyclic) bond motifs is 1. The fourth-order valence-corrected chi connectivity index (χ4v) is 4.21. The van der Waals surface area contributed by atoms with E-state index in [0.717, 1.165) is 35.9 Å². The lowest BCUT2D eigenvalue weighted by molar-refractivity contribution is -0.117. The molecule has 3 heterocycles. The Bertz CT molecular complexity index is 1360. The second kappa shape index (κ2) is 9.67. The quantitative estimate of drug-likeness (QED) is 0.424. The monoisotopic (exact) mass is 478 g/mol. The number of morpholine rings is 1. The standard InChI is InChI=1S/C25H24F2N6O2/c26-18-7-16(8-19(27)10-18)13-29-21-12-25(30-14-17(21)9-24(28)34)33-15-31-22-11-20(1-2-23(22)33)32-3-5-35-6-4-32/h1-2,7-8,10-12,14-15H,3-6,9,13H2,(H2,28,34)(H,29,30). The van der Waals surface area contributed by atoms with Crippen molar-refractivity contribution in [3.8, 4) is 5.82 Å². The Kier molecular flexibility index (Phi) is 6.28. The van der Waals surface area contributed by atoms with E-state index >= 15 is 0 Å². The van der Waals surface area contributed by atoms with Crippen molar-refractivity contribution in [1.82, 2.24) is 14.5 Å². The molecule has 3 N–H and O–H groups in total. The zero-order valence-electron chi connectivity index (χ0n) is 18.9. The number of carbonyl (C=O) groups is 1. The molecule has 0 aliphatic carbocycles. The Hall–Kier alpha value is -4.05. The van der Waals surface area contributed by atoms with E-state index in [1.807, 2.05) is 22.8 Å². The molecule has 0 saturated carbocycles. The number of nitrogens with two attached hydrogens (primary N) is 1. The molecule has 1 aliphatic heterocycles. The van der Waals surface area contributed by atoms with E-state index in [9.17, 15) is 13.6 Å². The molecule has 0 unspecified atom stereocenters. The minimum absolute atomic E-state index is 0.0271. The van der Waals surface area contributed by atoms with Crippen molar-refractivity contribution < 1.29 is 18.3 Å². The first-order chi connectivity index (χ1) is 17.0. The van der Waals surface area contributed by atoms with Crippen molar-refractivity contribution in [2.24, 2.45) is 5.73 Å². The van der Waals surface area contributed by atoms with E-state index in [1.54, 1.807) is 18.6 Å². The van der Waals surface area contributed by atoms with Gasteiger partial charge >= 0.3 is 0 Å². The fraction of sp³-hybridized carbons (Fsp3) is 0.240. The topological polar surface area (TPSA) is 98.3 Å². The first-order valence-corrected chi connectivity index (χ1v) is 11.2. The molecular weight excluding hydrogens is 454 g/mol. The molecule has 1 aliphatic rings. The van der Waals surface area contributed by atoms with Gasteiger partial charge in [0.15, 0.2) is 0 Å². The van der Waals surface area contributed by atoms with Gasteiger partial charge in [-0.2, -0.15) is 0 Å². The van der Waals surface area contributed by atoms with Gasteiger partial charge in [-0.05, 0) is 35.9 Å². The third-order valence-corrected chi connectivity index (χ3v) is 5.90. The van der Waals surface area contributed by atoms with Gasteiger partial charge in [0, 0.05) is 54.9 Å². The number of pyridine rings is 1. The predicted molar refractivity (Wildman–Crippen MR) is 128 cm³/mol. The Labute approximate surface area is 200 Å². The van der Waals surface area contributed by atoms with Crippen LogP contribution in [-0.2, 0) is 22.5 Å². The van der Waals surface area contributed by atoms with Crippen LogP contribution in [0.4, 0.5) is 20.2 Å². The Morgan fingerprint density at radius 3 is 2.57 bits per heavy atom. The third kappa shape index (κ3) is 5.07. The van der Waals surface area contributed by atoms with Gasteiger partial charge < -0.3 is 20.7 Å². The molecule has 1 amide bonds. The average Bonchev–Trinajstić information content (AvgIpc) is 3.26. The average molecular weight is 479 g/mol. The molecule has 10 heteroatoms. The van der Waals surface area contributed by atoms with Crippen LogP contribution in [0.1, 0.15) is 11.1 Å². The van der Waals surface area contributed by atoms with Crippen LogP contribution in [-0.4, -0.2) is 46.7 Å². The molecule has 2 aromatic carbocycles. The summed E-state index contributed by atoms with van der Waals surface area (Å²) >= 11 is 0. The molecule has 0 atom stereocenters. The second-order valence-corrected chi connectivity index (χ2v) is 8.36. The Morgan fingerprint density at radius 2 is 1.83 bits per heavy atom. The molecule has 1 fully saturated rings. The highest BCUT2D eigenvalue weighted by atomic mass is 19.1. The third-order valence-electron chi connectivity index (χ3n) is 5.90. The van der Waals surface area contributed by atoms with Gasteiger partial charge in [0.1, 0.15) is 23.8 Å². The first kappa shape index (κ1) is 22.7. The van der Waals surface area contributed by atoms with E-state index in [-0.39, 0.29) is 13.0 Å². The maximum absolute atomic E-state index is 13.6. The van der Waals surface area contributed by atoms with Crippen LogP contribution in [0.15, 0.2) is 55.0 Å². The number of halogens is 2. The number of nitrogens with one attached hydrogen (secondary N) is 1. The number of anilines is 2. The summed E-state index contributed by atoms with van der Waals surface area (Å²) in [6.45, 7) is 3.22. The largest absolute Gasteiger partial charge is 0.381 e. The number of ether oxygens (including phenoxy) is 1. The highest BCUT2D eigenvalue weighted by Gasteiger charge is 2.15. The van der Waals surface area contributed by atoms with Crippen molar-refractivity contribution in [2.75, 3.05) is 36.5 Å². The summed E-state index contributed by atoms with van der Waals surface area (Å²) in [5.41, 5.74) is 9.77. The normalized spacial score (nSPS) is 13.8. The van der Waals surface area contributed by atoms with Gasteiger partial charge in [-0.1, -0.05) is 0 Å². The number of amides is 1. The Morgan fingerprint density at radius 1 is 1.06 bits per heavy atom. The number of nitrogens with zero attached hydrogens (tertiary/aromatic N) is 4. The lowest BCUT2D eigenvalue weighted by Gasteiger charge is -2.28. The van der Waals surface area contributed by atoms with Crippen LogP contribution in [0.25, 0.3) is 16.9 Å². The summed E-state index contributed by atoms with van der Waals surface area (Å²) in [4.78, 5) is 22.9. The number of hydrogen-bond donors (Lipinski definition) is 2. The van der Waals surface area contributed by atoms with Gasteiger partial charge in [0.2, 0.25) is 5.91 Å². The molecule has 0 spiro atoms. The van der Waals surface area contributed by atoms with Crippen molar-refractivity contribution in [3.63, 3.8) is 0 Å². The molecule has 8 nitrogen and oxygen atoms in total. The lowest BCUT2D eigenvalue weighted by atomic mass is 10.1.